The van der Waals surface area contributed by atoms with Crippen LogP contribution in [0.4, 0.5) is 5.82 Å². The van der Waals surface area contributed by atoms with Crippen LogP contribution in [0.25, 0.3) is 10.2 Å². The number of thiophene rings is 2. The summed E-state index contributed by atoms with van der Waals surface area (Å²) in [6.07, 6.45) is 0. The van der Waals surface area contributed by atoms with Crippen molar-refractivity contribution < 1.29 is 4.79 Å². The maximum Gasteiger partial charge on any atom is 0.264 e. The van der Waals surface area contributed by atoms with Crippen LogP contribution in [0.2, 0.25) is 0 Å². The number of anilines is 1. The lowest BCUT2D eigenvalue weighted by atomic mass is 10.1. The molecule has 27 heavy (non-hydrogen) atoms. The second-order valence-electron chi connectivity index (χ2n) is 7.28. The Morgan fingerprint density at radius 1 is 1.15 bits per heavy atom. The van der Waals surface area contributed by atoms with E-state index in [-0.39, 0.29) is 11.8 Å². The van der Waals surface area contributed by atoms with Gasteiger partial charge in [-0.25, -0.2) is 9.97 Å². The minimum atomic E-state index is 0.142. The molecule has 0 bridgehead atoms. The molecule has 0 aromatic carbocycles. The maximum absolute atomic E-state index is 12.6. The first kappa shape index (κ1) is 18.4. The molecule has 4 heterocycles. The normalized spacial score (nSPS) is 15.1. The molecule has 0 atom stereocenters. The molecule has 0 spiro atoms. The fraction of sp³-hybridized carbons (Fsp3) is 0.450. The van der Waals surface area contributed by atoms with E-state index in [9.17, 15) is 4.79 Å². The summed E-state index contributed by atoms with van der Waals surface area (Å²) in [5.74, 6) is 2.37. The van der Waals surface area contributed by atoms with Crippen molar-refractivity contribution in [3.63, 3.8) is 0 Å². The number of hydrogen-bond donors (Lipinski definition) is 0. The highest BCUT2D eigenvalue weighted by molar-refractivity contribution is 7.18. The van der Waals surface area contributed by atoms with Gasteiger partial charge in [-0.1, -0.05) is 19.9 Å². The Kier molecular flexibility index (Phi) is 4.90. The van der Waals surface area contributed by atoms with Gasteiger partial charge in [0.25, 0.3) is 5.91 Å². The summed E-state index contributed by atoms with van der Waals surface area (Å²) in [7, 11) is 0. The number of carbonyl (C=O) groups is 1. The predicted molar refractivity (Wildman–Crippen MR) is 113 cm³/mol. The minimum Gasteiger partial charge on any atom is -0.352 e. The topological polar surface area (TPSA) is 49.3 Å². The van der Waals surface area contributed by atoms with Gasteiger partial charge < -0.3 is 9.80 Å². The molecule has 0 radical (unpaired) electrons. The molecule has 1 aliphatic rings. The largest absolute Gasteiger partial charge is 0.352 e. The van der Waals surface area contributed by atoms with Gasteiger partial charge in [-0.15, -0.1) is 22.7 Å². The maximum atomic E-state index is 12.6. The number of rotatable bonds is 3. The van der Waals surface area contributed by atoms with Crippen molar-refractivity contribution in [1.29, 1.82) is 0 Å². The lowest BCUT2D eigenvalue weighted by molar-refractivity contribution is 0.0751. The highest BCUT2D eigenvalue weighted by Gasteiger charge is 2.26. The number of nitrogens with zero attached hydrogens (tertiary/aromatic N) is 4. The quantitative estimate of drug-likeness (QED) is 0.651. The zero-order chi connectivity index (χ0) is 19.1. The highest BCUT2D eigenvalue weighted by Crippen LogP contribution is 2.36. The van der Waals surface area contributed by atoms with Crippen molar-refractivity contribution in [2.75, 3.05) is 31.1 Å². The van der Waals surface area contributed by atoms with Crippen LogP contribution in [-0.2, 0) is 0 Å². The van der Waals surface area contributed by atoms with Crippen LogP contribution in [0.3, 0.4) is 0 Å². The third kappa shape index (κ3) is 3.34. The lowest BCUT2D eigenvalue weighted by Gasteiger charge is -2.35. The average molecular weight is 401 g/mol. The Morgan fingerprint density at radius 3 is 2.52 bits per heavy atom. The third-order valence-electron chi connectivity index (χ3n) is 5.14. The molecular weight excluding hydrogens is 376 g/mol. The molecule has 1 aliphatic heterocycles. The number of carbonyl (C=O) groups excluding carboxylic acids is 1. The molecule has 7 heteroatoms. The van der Waals surface area contributed by atoms with Crippen molar-refractivity contribution in [3.8, 4) is 0 Å². The molecule has 1 fully saturated rings. The monoisotopic (exact) mass is 400 g/mol. The molecular formula is C20H24N4OS2. The Labute approximate surface area is 167 Å². The predicted octanol–water partition coefficient (Wildman–Crippen LogP) is 4.46. The molecule has 1 saturated heterocycles. The summed E-state index contributed by atoms with van der Waals surface area (Å²) in [4.78, 5) is 29.8. The van der Waals surface area contributed by atoms with Crippen molar-refractivity contribution in [2.24, 2.45) is 0 Å². The van der Waals surface area contributed by atoms with E-state index in [1.807, 2.05) is 22.4 Å². The Hall–Kier alpha value is -1.99. The summed E-state index contributed by atoms with van der Waals surface area (Å²) in [5.41, 5.74) is 1.28. The van der Waals surface area contributed by atoms with Crippen LogP contribution >= 0.6 is 22.7 Å². The molecule has 3 aromatic rings. The van der Waals surface area contributed by atoms with Crippen LogP contribution < -0.4 is 4.90 Å². The van der Waals surface area contributed by atoms with Crippen LogP contribution in [-0.4, -0.2) is 47.0 Å². The van der Waals surface area contributed by atoms with Crippen LogP contribution in [0.15, 0.2) is 17.5 Å². The first-order chi connectivity index (χ1) is 13.0. The Morgan fingerprint density at radius 2 is 1.89 bits per heavy atom. The molecule has 0 unspecified atom stereocenters. The van der Waals surface area contributed by atoms with Gasteiger partial charge >= 0.3 is 0 Å². The number of piperazine rings is 1. The standard InChI is InChI=1S/C20H24N4OS2/c1-12(2)17-21-18(16-13(3)14(4)27-19(16)22-17)23-7-9-24(10-8-23)20(25)15-6-5-11-26-15/h5-6,11-12H,7-10H2,1-4H3. The number of aromatic nitrogens is 2. The summed E-state index contributed by atoms with van der Waals surface area (Å²) in [6.45, 7) is 11.6. The van der Waals surface area contributed by atoms with E-state index in [2.05, 4.69) is 32.6 Å². The highest BCUT2D eigenvalue weighted by atomic mass is 32.1. The average Bonchev–Trinajstić information content (AvgIpc) is 3.29. The van der Waals surface area contributed by atoms with Crippen molar-refractivity contribution >= 4 is 44.6 Å². The van der Waals surface area contributed by atoms with Crippen LogP contribution in [0.1, 0.15) is 45.7 Å². The van der Waals surface area contributed by atoms with E-state index < -0.39 is 0 Å². The molecule has 142 valence electrons. The van der Waals surface area contributed by atoms with Gasteiger partial charge in [0, 0.05) is 37.0 Å². The first-order valence-electron chi connectivity index (χ1n) is 9.31. The molecule has 5 nitrogen and oxygen atoms in total. The number of hydrogen-bond acceptors (Lipinski definition) is 6. The van der Waals surface area contributed by atoms with E-state index in [4.69, 9.17) is 9.97 Å². The third-order valence-corrected chi connectivity index (χ3v) is 7.10. The van der Waals surface area contributed by atoms with Gasteiger partial charge in [0.05, 0.1) is 10.3 Å². The summed E-state index contributed by atoms with van der Waals surface area (Å²) < 4.78 is 0. The van der Waals surface area contributed by atoms with E-state index in [0.717, 1.165) is 47.5 Å². The fourth-order valence-corrected chi connectivity index (χ4v) is 5.13. The van der Waals surface area contributed by atoms with E-state index >= 15 is 0 Å². The van der Waals surface area contributed by atoms with Gasteiger partial charge in [0.1, 0.15) is 16.5 Å². The van der Waals surface area contributed by atoms with Gasteiger partial charge in [-0.05, 0) is 30.9 Å². The molecule has 1 amide bonds. The first-order valence-corrected chi connectivity index (χ1v) is 11.0. The van der Waals surface area contributed by atoms with Gasteiger partial charge in [0.15, 0.2) is 0 Å². The Balaban J connectivity index is 1.62. The van der Waals surface area contributed by atoms with E-state index in [1.54, 1.807) is 11.3 Å². The second kappa shape index (κ2) is 7.20. The molecule has 3 aromatic heterocycles. The molecule has 0 saturated carbocycles. The summed E-state index contributed by atoms with van der Waals surface area (Å²) in [6, 6.07) is 3.83. The SMILES string of the molecule is Cc1sc2nc(C(C)C)nc(N3CCN(C(=O)c4cccs4)CC3)c2c1C. The second-order valence-corrected chi connectivity index (χ2v) is 9.43. The van der Waals surface area contributed by atoms with E-state index in [1.165, 1.54) is 27.2 Å². The zero-order valence-corrected chi connectivity index (χ0v) is 17.8. The fourth-order valence-electron chi connectivity index (χ4n) is 3.41. The van der Waals surface area contributed by atoms with Gasteiger partial charge in [-0.3, -0.25) is 4.79 Å². The lowest BCUT2D eigenvalue weighted by Crippen LogP contribution is -2.49. The summed E-state index contributed by atoms with van der Waals surface area (Å²) >= 11 is 3.26. The molecule has 0 N–H and O–H groups in total. The van der Waals surface area contributed by atoms with E-state index in [0.29, 0.717) is 0 Å². The van der Waals surface area contributed by atoms with Crippen molar-refractivity contribution in [3.05, 3.63) is 38.7 Å². The zero-order valence-electron chi connectivity index (χ0n) is 16.2. The van der Waals surface area contributed by atoms with Crippen LogP contribution in [0, 0.1) is 13.8 Å². The number of fused-ring (bicyclic) bond motifs is 1. The van der Waals surface area contributed by atoms with Crippen molar-refractivity contribution in [1.82, 2.24) is 14.9 Å². The van der Waals surface area contributed by atoms with Crippen molar-refractivity contribution in [2.45, 2.75) is 33.6 Å². The number of amides is 1. The smallest absolute Gasteiger partial charge is 0.264 e. The van der Waals surface area contributed by atoms with Crippen LogP contribution in [0.5, 0.6) is 0 Å². The Bertz CT molecular complexity index is 970. The number of aryl methyl sites for hydroxylation is 2. The molecule has 0 aliphatic carbocycles. The minimum absolute atomic E-state index is 0.142. The molecule has 4 rings (SSSR count). The summed E-state index contributed by atoms with van der Waals surface area (Å²) in [5, 5.41) is 3.14. The van der Waals surface area contributed by atoms with Gasteiger partial charge in [0.2, 0.25) is 0 Å². The van der Waals surface area contributed by atoms with Gasteiger partial charge in [-0.2, -0.15) is 0 Å².